The molecule has 2 aromatic carbocycles. The molecule has 3 aliphatic rings. The van der Waals surface area contributed by atoms with Crippen LogP contribution in [0.15, 0.2) is 84.0 Å². The fraction of sp³-hybridized carbons (Fsp3) is 0.449. The first-order chi connectivity index (χ1) is 36.4. The van der Waals surface area contributed by atoms with Crippen LogP contribution in [-0.2, 0) is 28.9 Å². The maximum Gasteiger partial charge on any atom is 0.182 e. The van der Waals surface area contributed by atoms with Gasteiger partial charge in [0, 0.05) is 39.7 Å². The summed E-state index contributed by atoms with van der Waals surface area (Å²) < 4.78 is 0. The molecular weight excluding hydrogens is 917 g/mol. The number of hydrogen-bond donors (Lipinski definition) is 2. The van der Waals surface area contributed by atoms with Crippen molar-refractivity contribution in [2.24, 2.45) is 0 Å². The number of rotatable bonds is 24. The summed E-state index contributed by atoms with van der Waals surface area (Å²) in [6, 6.07) is 22.6. The second kappa shape index (κ2) is 25.6. The van der Waals surface area contributed by atoms with E-state index in [1.165, 1.54) is 139 Å². The van der Waals surface area contributed by atoms with Crippen LogP contribution in [0.4, 0.5) is 0 Å². The molecule has 0 fully saturated rings. The Bertz CT molecular complexity index is 3060. The highest BCUT2D eigenvalue weighted by atomic mass is 16.1. The van der Waals surface area contributed by atoms with Crippen molar-refractivity contribution in [2.45, 2.75) is 204 Å². The summed E-state index contributed by atoms with van der Waals surface area (Å²) in [6.07, 6.45) is 26.2. The molecule has 5 heterocycles. The van der Waals surface area contributed by atoms with E-state index in [0.717, 1.165) is 124 Å². The van der Waals surface area contributed by atoms with E-state index in [4.69, 9.17) is 9.97 Å². The van der Waals surface area contributed by atoms with Gasteiger partial charge in [-0.15, -0.1) is 0 Å². The zero-order chi connectivity index (χ0) is 53.2. The van der Waals surface area contributed by atoms with Crippen LogP contribution in [0.3, 0.4) is 0 Å². The monoisotopic (exact) mass is 1000 g/mol. The minimum Gasteiger partial charge on any atom is -0.354 e. The quantitative estimate of drug-likeness (QED) is 0.0476. The second-order valence-corrected chi connectivity index (χ2v) is 22.2. The van der Waals surface area contributed by atoms with E-state index in [-0.39, 0.29) is 11.6 Å². The molecule has 6 heteroatoms. The summed E-state index contributed by atoms with van der Waals surface area (Å²) in [5.74, 6) is -0.175. The van der Waals surface area contributed by atoms with Crippen LogP contribution < -0.4 is 0 Å². The molecule has 3 aromatic heterocycles. The van der Waals surface area contributed by atoms with E-state index in [1.807, 2.05) is 0 Å². The fourth-order valence-corrected chi connectivity index (χ4v) is 11.8. The smallest absolute Gasteiger partial charge is 0.182 e. The molecule has 0 saturated carbocycles. The van der Waals surface area contributed by atoms with Gasteiger partial charge in [-0.1, -0.05) is 159 Å². The molecule has 0 spiro atoms. The van der Waals surface area contributed by atoms with Gasteiger partial charge >= 0.3 is 0 Å². The number of ketones is 2. The van der Waals surface area contributed by atoms with Gasteiger partial charge in [0.05, 0.1) is 33.8 Å². The van der Waals surface area contributed by atoms with Crippen molar-refractivity contribution in [1.29, 1.82) is 0 Å². The second-order valence-electron chi connectivity index (χ2n) is 22.2. The number of carbonyl (C=O) groups excluding carboxylic acids is 2. The van der Waals surface area contributed by atoms with Crippen LogP contribution >= 0.6 is 0 Å². The molecule has 0 saturated heterocycles. The summed E-state index contributed by atoms with van der Waals surface area (Å²) in [5.41, 5.74) is 27.0. The molecule has 1 aliphatic carbocycles. The first-order valence-corrected chi connectivity index (χ1v) is 29.2. The number of unbranched alkanes of at least 4 members (excludes halogenated alkanes) is 12. The molecule has 8 rings (SSSR count). The Balaban J connectivity index is 1.50. The summed E-state index contributed by atoms with van der Waals surface area (Å²) in [7, 11) is 0. The van der Waals surface area contributed by atoms with E-state index < -0.39 is 0 Å². The first-order valence-electron chi connectivity index (χ1n) is 29.2. The molecule has 75 heavy (non-hydrogen) atoms. The number of carbonyl (C=O) groups is 2. The topological polar surface area (TPSA) is 91.5 Å². The van der Waals surface area contributed by atoms with Gasteiger partial charge in [0.25, 0.3) is 0 Å². The minimum absolute atomic E-state index is 0.0849. The van der Waals surface area contributed by atoms with Crippen LogP contribution in [0.25, 0.3) is 66.6 Å². The third-order valence-corrected chi connectivity index (χ3v) is 16.5. The highest BCUT2D eigenvalue weighted by Crippen LogP contribution is 2.45. The molecule has 0 atom stereocenters. The number of aromatic amines is 2. The van der Waals surface area contributed by atoms with E-state index in [9.17, 15) is 9.59 Å². The standard InChI is InChI=1S/C69H86N4O2/c1-11-15-19-23-27-54-46(7)66-64(51-35-31-44(5)32-36-51)67-47(8)55(28-24-20-16-12-2)59(71-67)43-61-57(30-26-22-18-14-4)49(10)69(73-61)65(52-37-33-50(34-38-52)40-53-41-62(74)45(6)39-63(53)75)68-48(9)56(29-25-21-17-13-3)60(72-68)42-58(54)70-66/h31-39,41-43,72-73H,11-30,40H2,1-10H3. The first kappa shape index (κ1) is 55.1. The number of allylic oxidation sites excluding steroid dienone is 8. The normalized spacial score (nSPS) is 13.9. The van der Waals surface area contributed by atoms with Gasteiger partial charge in [-0.2, -0.15) is 0 Å². The van der Waals surface area contributed by atoms with Crippen molar-refractivity contribution in [3.8, 4) is 22.3 Å². The summed E-state index contributed by atoms with van der Waals surface area (Å²) >= 11 is 0. The SMILES string of the molecule is CCCCCCC1=C(C)c2nc1cc1[nH]c(c(C)c1CCCCCC)c(-c1ccc(CC3=CC(=O)C(C)=CC3=O)cc1)c1[nH]c(cc3nc(c2-c2ccc(C)cc2)C(C)=C3CCCCCC)c(CCCCCC)c1C. The average Bonchev–Trinajstić information content (AvgIpc) is 4.08. The van der Waals surface area contributed by atoms with E-state index in [1.54, 1.807) is 6.92 Å². The van der Waals surface area contributed by atoms with Crippen molar-refractivity contribution in [3.63, 3.8) is 0 Å². The summed E-state index contributed by atoms with van der Waals surface area (Å²) in [5, 5.41) is 0. The van der Waals surface area contributed by atoms with Gasteiger partial charge in [0.15, 0.2) is 11.6 Å². The number of benzene rings is 2. The minimum atomic E-state index is -0.0905. The Morgan fingerprint density at radius 1 is 0.453 bits per heavy atom. The molecular formula is C69H86N4O2. The average molecular weight is 1000 g/mol. The lowest BCUT2D eigenvalue weighted by Gasteiger charge is -2.11. The van der Waals surface area contributed by atoms with Gasteiger partial charge in [0.1, 0.15) is 0 Å². The Morgan fingerprint density at radius 2 is 0.880 bits per heavy atom. The Labute approximate surface area is 449 Å². The Hall–Kier alpha value is -6.14. The Morgan fingerprint density at radius 3 is 1.33 bits per heavy atom. The molecule has 394 valence electrons. The molecule has 0 radical (unpaired) electrons. The third kappa shape index (κ3) is 12.4. The lowest BCUT2D eigenvalue weighted by molar-refractivity contribution is -0.115. The van der Waals surface area contributed by atoms with Crippen LogP contribution in [0, 0.1) is 20.8 Å². The third-order valence-electron chi connectivity index (χ3n) is 16.5. The van der Waals surface area contributed by atoms with Crippen LogP contribution in [0.2, 0.25) is 0 Å². The van der Waals surface area contributed by atoms with Gasteiger partial charge in [-0.3, -0.25) is 9.59 Å². The van der Waals surface area contributed by atoms with Crippen molar-refractivity contribution < 1.29 is 9.59 Å². The molecule has 5 aromatic rings. The number of fused-ring (bicyclic) bond motifs is 8. The number of aryl methyl sites for hydroxylation is 5. The number of hydrogen-bond acceptors (Lipinski definition) is 4. The van der Waals surface area contributed by atoms with Crippen LogP contribution in [0.5, 0.6) is 0 Å². The number of nitrogens with zero attached hydrogens (tertiary/aromatic N) is 2. The van der Waals surface area contributed by atoms with Crippen molar-refractivity contribution >= 4 is 55.9 Å². The fourth-order valence-electron chi connectivity index (χ4n) is 11.8. The number of nitrogens with one attached hydrogen (secondary N) is 2. The maximum atomic E-state index is 13.1. The zero-order valence-electron chi connectivity index (χ0n) is 47.5. The van der Waals surface area contributed by atoms with Crippen LogP contribution in [0.1, 0.15) is 220 Å². The van der Waals surface area contributed by atoms with Crippen molar-refractivity contribution in [1.82, 2.24) is 19.9 Å². The molecule has 0 amide bonds. The predicted molar refractivity (Wildman–Crippen MR) is 320 cm³/mol. The lowest BCUT2D eigenvalue weighted by atomic mass is 9.91. The van der Waals surface area contributed by atoms with Gasteiger partial charge in [0.2, 0.25) is 0 Å². The Kier molecular flexibility index (Phi) is 18.8. The van der Waals surface area contributed by atoms with Gasteiger partial charge < -0.3 is 9.97 Å². The predicted octanol–water partition coefficient (Wildman–Crippen LogP) is 19.2. The summed E-state index contributed by atoms with van der Waals surface area (Å²) in [6.45, 7) is 22.4. The van der Waals surface area contributed by atoms with E-state index in [2.05, 4.69) is 133 Å². The molecule has 2 aliphatic heterocycles. The number of H-pyrrole nitrogens is 2. The number of aromatic nitrogens is 4. The summed E-state index contributed by atoms with van der Waals surface area (Å²) in [4.78, 5) is 45.8. The lowest BCUT2D eigenvalue weighted by Crippen LogP contribution is -2.13. The highest BCUT2D eigenvalue weighted by Gasteiger charge is 2.28. The largest absolute Gasteiger partial charge is 0.354 e. The maximum absolute atomic E-state index is 13.1. The van der Waals surface area contributed by atoms with Crippen molar-refractivity contribution in [3.05, 3.63) is 140 Å². The molecule has 0 unspecified atom stereocenters. The molecule has 2 N–H and O–H groups in total. The van der Waals surface area contributed by atoms with E-state index in [0.29, 0.717) is 17.6 Å². The van der Waals surface area contributed by atoms with Crippen molar-refractivity contribution in [2.75, 3.05) is 0 Å². The van der Waals surface area contributed by atoms with Crippen LogP contribution in [-0.4, -0.2) is 31.5 Å². The zero-order valence-corrected chi connectivity index (χ0v) is 47.5. The van der Waals surface area contributed by atoms with Gasteiger partial charge in [-0.25, -0.2) is 9.97 Å². The molecule has 8 bridgehead atoms. The highest BCUT2D eigenvalue weighted by molar-refractivity contribution is 6.19. The van der Waals surface area contributed by atoms with Gasteiger partial charge in [-0.05, 0) is 178 Å². The molecule has 6 nitrogen and oxygen atoms in total. The van der Waals surface area contributed by atoms with E-state index >= 15 is 0 Å².